The van der Waals surface area contributed by atoms with E-state index in [4.69, 9.17) is 17.2 Å². The fraction of sp³-hybridized carbons (Fsp3) is 0.241. The number of anilines is 2. The van der Waals surface area contributed by atoms with Crippen LogP contribution in [-0.2, 0) is 0 Å². The lowest BCUT2D eigenvalue weighted by Crippen LogP contribution is -2.29. The molecule has 2 aromatic heterocycles. The van der Waals surface area contributed by atoms with Gasteiger partial charge in [0.15, 0.2) is 5.11 Å². The highest BCUT2D eigenvalue weighted by atomic mass is 32.1. The van der Waals surface area contributed by atoms with Gasteiger partial charge in [-0.1, -0.05) is 18.2 Å². The van der Waals surface area contributed by atoms with E-state index < -0.39 is 0 Å². The molecular formula is C29H31N5S. The molecule has 5 nitrogen and oxygen atoms in total. The van der Waals surface area contributed by atoms with Gasteiger partial charge in [0.2, 0.25) is 0 Å². The Bertz CT molecular complexity index is 1360. The molecular weight excluding hydrogens is 450 g/mol. The fourth-order valence-electron chi connectivity index (χ4n) is 5.11. The average Bonchev–Trinajstić information content (AvgIpc) is 3.34. The standard InChI is InChI=1S/C29H31N5S/c1-19-9-8-10-24(17-19)34-28(27(31-29(34)35)26-11-6-7-16-30-26)25-18-20(2)33(21(25)3)23-14-12-22(13-15-23)32(4)5/h6-18,27-28H,1-5H3,(H,31,35). The Labute approximate surface area is 213 Å². The van der Waals surface area contributed by atoms with Gasteiger partial charge in [-0.2, -0.15) is 0 Å². The molecule has 4 aromatic rings. The molecule has 2 atom stereocenters. The molecule has 35 heavy (non-hydrogen) atoms. The number of nitrogens with zero attached hydrogens (tertiary/aromatic N) is 4. The van der Waals surface area contributed by atoms with Gasteiger partial charge in [-0.05, 0) is 98.7 Å². The Morgan fingerprint density at radius 2 is 1.66 bits per heavy atom. The highest BCUT2D eigenvalue weighted by Gasteiger charge is 2.42. The van der Waals surface area contributed by atoms with Crippen LogP contribution in [0.3, 0.4) is 0 Å². The number of thiocarbonyl (C=S) groups is 1. The second-order valence-corrected chi connectivity index (χ2v) is 9.80. The Balaban J connectivity index is 1.65. The van der Waals surface area contributed by atoms with Crippen LogP contribution < -0.4 is 15.1 Å². The van der Waals surface area contributed by atoms with Crippen LogP contribution in [0.4, 0.5) is 11.4 Å². The van der Waals surface area contributed by atoms with E-state index in [-0.39, 0.29) is 12.1 Å². The summed E-state index contributed by atoms with van der Waals surface area (Å²) in [6, 6.07) is 25.5. The second-order valence-electron chi connectivity index (χ2n) is 9.41. The van der Waals surface area contributed by atoms with Crippen molar-refractivity contribution in [3.63, 3.8) is 0 Å². The van der Waals surface area contributed by atoms with Gasteiger partial charge in [-0.15, -0.1) is 0 Å². The van der Waals surface area contributed by atoms with E-state index >= 15 is 0 Å². The normalized spacial score (nSPS) is 17.5. The number of aromatic nitrogens is 2. The zero-order valence-corrected chi connectivity index (χ0v) is 21.7. The minimum atomic E-state index is -0.0609. The Kier molecular flexibility index (Phi) is 6.07. The zero-order valence-electron chi connectivity index (χ0n) is 20.9. The summed E-state index contributed by atoms with van der Waals surface area (Å²) >= 11 is 5.91. The fourth-order valence-corrected chi connectivity index (χ4v) is 5.46. The van der Waals surface area contributed by atoms with Crippen LogP contribution in [0, 0.1) is 20.8 Å². The SMILES string of the molecule is Cc1cccc(N2C(=S)NC(c3ccccn3)C2c2cc(C)n(-c3ccc(N(C)C)cc3)c2C)c1. The molecule has 0 amide bonds. The van der Waals surface area contributed by atoms with Crippen LogP contribution in [-0.4, -0.2) is 28.8 Å². The van der Waals surface area contributed by atoms with E-state index in [2.05, 4.69) is 115 Å². The van der Waals surface area contributed by atoms with Gasteiger partial charge in [-0.25, -0.2) is 0 Å². The van der Waals surface area contributed by atoms with E-state index in [1.807, 2.05) is 18.3 Å². The molecule has 0 saturated carbocycles. The summed E-state index contributed by atoms with van der Waals surface area (Å²) < 4.78 is 2.33. The van der Waals surface area contributed by atoms with Crippen molar-refractivity contribution in [2.75, 3.05) is 23.9 Å². The third-order valence-electron chi connectivity index (χ3n) is 6.79. The number of pyridine rings is 1. The maximum absolute atomic E-state index is 5.91. The smallest absolute Gasteiger partial charge is 0.174 e. The lowest BCUT2D eigenvalue weighted by atomic mass is 9.96. The first-order valence-electron chi connectivity index (χ1n) is 11.9. The Hall–Kier alpha value is -3.64. The summed E-state index contributed by atoms with van der Waals surface area (Å²) in [7, 11) is 4.12. The molecule has 1 N–H and O–H groups in total. The molecule has 6 heteroatoms. The molecule has 2 unspecified atom stereocenters. The number of nitrogens with one attached hydrogen (secondary N) is 1. The zero-order chi connectivity index (χ0) is 24.7. The van der Waals surface area contributed by atoms with Crippen molar-refractivity contribution in [3.05, 3.63) is 107 Å². The lowest BCUT2D eigenvalue weighted by molar-refractivity contribution is 0.565. The van der Waals surface area contributed by atoms with Crippen molar-refractivity contribution in [2.24, 2.45) is 0 Å². The van der Waals surface area contributed by atoms with Crippen molar-refractivity contribution in [1.29, 1.82) is 0 Å². The van der Waals surface area contributed by atoms with Gasteiger partial charge in [0, 0.05) is 48.7 Å². The van der Waals surface area contributed by atoms with E-state index in [1.165, 1.54) is 28.2 Å². The lowest BCUT2D eigenvalue weighted by Gasteiger charge is -2.28. The highest BCUT2D eigenvalue weighted by Crippen LogP contribution is 2.43. The molecule has 0 spiro atoms. The van der Waals surface area contributed by atoms with Crippen molar-refractivity contribution in [1.82, 2.24) is 14.9 Å². The van der Waals surface area contributed by atoms with Crippen LogP contribution in [0.15, 0.2) is 79.0 Å². The first-order valence-corrected chi connectivity index (χ1v) is 12.3. The monoisotopic (exact) mass is 481 g/mol. The van der Waals surface area contributed by atoms with Crippen LogP contribution in [0.25, 0.3) is 5.69 Å². The molecule has 1 aliphatic heterocycles. The summed E-state index contributed by atoms with van der Waals surface area (Å²) in [4.78, 5) is 9.07. The van der Waals surface area contributed by atoms with Gasteiger partial charge in [0.1, 0.15) is 0 Å². The summed E-state index contributed by atoms with van der Waals surface area (Å²) in [5.41, 5.74) is 9.25. The molecule has 1 saturated heterocycles. The van der Waals surface area contributed by atoms with Gasteiger partial charge >= 0.3 is 0 Å². The predicted octanol–water partition coefficient (Wildman–Crippen LogP) is 6.04. The third kappa shape index (κ3) is 4.19. The van der Waals surface area contributed by atoms with Gasteiger partial charge in [0.05, 0.1) is 17.8 Å². The number of hydrogen-bond acceptors (Lipinski definition) is 3. The Morgan fingerprint density at radius 3 is 2.31 bits per heavy atom. The average molecular weight is 482 g/mol. The van der Waals surface area contributed by atoms with Crippen LogP contribution in [0.5, 0.6) is 0 Å². The highest BCUT2D eigenvalue weighted by molar-refractivity contribution is 7.80. The number of hydrogen-bond donors (Lipinski definition) is 1. The first-order chi connectivity index (χ1) is 16.8. The maximum Gasteiger partial charge on any atom is 0.174 e. The molecule has 0 aliphatic carbocycles. The number of benzene rings is 2. The van der Waals surface area contributed by atoms with Gasteiger partial charge in [-0.3, -0.25) is 4.98 Å². The number of aryl methyl sites for hydroxylation is 2. The largest absolute Gasteiger partial charge is 0.378 e. The summed E-state index contributed by atoms with van der Waals surface area (Å²) in [6.07, 6.45) is 1.85. The van der Waals surface area contributed by atoms with Crippen molar-refractivity contribution in [3.8, 4) is 5.69 Å². The molecule has 178 valence electrons. The van der Waals surface area contributed by atoms with Crippen molar-refractivity contribution >= 4 is 28.7 Å². The molecule has 2 aromatic carbocycles. The molecule has 1 fully saturated rings. The van der Waals surface area contributed by atoms with E-state index in [0.717, 1.165) is 22.2 Å². The Morgan fingerprint density at radius 1 is 0.886 bits per heavy atom. The third-order valence-corrected chi connectivity index (χ3v) is 7.11. The maximum atomic E-state index is 5.91. The molecule has 5 rings (SSSR count). The van der Waals surface area contributed by atoms with Crippen LogP contribution >= 0.6 is 12.2 Å². The van der Waals surface area contributed by atoms with E-state index in [0.29, 0.717) is 0 Å². The van der Waals surface area contributed by atoms with Gasteiger partial charge < -0.3 is 19.7 Å². The molecule has 1 aliphatic rings. The molecule has 0 radical (unpaired) electrons. The van der Waals surface area contributed by atoms with Crippen molar-refractivity contribution in [2.45, 2.75) is 32.9 Å². The van der Waals surface area contributed by atoms with E-state index in [9.17, 15) is 0 Å². The molecule has 3 heterocycles. The van der Waals surface area contributed by atoms with Crippen molar-refractivity contribution < 1.29 is 0 Å². The topological polar surface area (TPSA) is 36.3 Å². The summed E-state index contributed by atoms with van der Waals surface area (Å²) in [5, 5.41) is 4.30. The minimum absolute atomic E-state index is 0.0276. The second kappa shape index (κ2) is 9.19. The summed E-state index contributed by atoms with van der Waals surface area (Å²) in [5.74, 6) is 0. The quantitative estimate of drug-likeness (QED) is 0.352. The van der Waals surface area contributed by atoms with Gasteiger partial charge in [0.25, 0.3) is 0 Å². The predicted molar refractivity (Wildman–Crippen MR) is 149 cm³/mol. The van der Waals surface area contributed by atoms with Crippen LogP contribution in [0.2, 0.25) is 0 Å². The van der Waals surface area contributed by atoms with Crippen LogP contribution in [0.1, 0.15) is 40.3 Å². The summed E-state index contributed by atoms with van der Waals surface area (Å²) in [6.45, 7) is 6.49. The first kappa shape index (κ1) is 23.1. The number of rotatable bonds is 5. The molecule has 0 bridgehead atoms. The van der Waals surface area contributed by atoms with E-state index in [1.54, 1.807) is 0 Å². The minimum Gasteiger partial charge on any atom is -0.378 e.